The van der Waals surface area contributed by atoms with Gasteiger partial charge in [0.2, 0.25) is 5.91 Å². The van der Waals surface area contributed by atoms with E-state index in [1.54, 1.807) is 6.08 Å². The predicted octanol–water partition coefficient (Wildman–Crippen LogP) is 2.68. The van der Waals surface area contributed by atoms with Gasteiger partial charge in [-0.05, 0) is 37.1 Å². The zero-order chi connectivity index (χ0) is 13.5. The number of benzene rings is 1. The van der Waals surface area contributed by atoms with Crippen molar-refractivity contribution in [2.45, 2.75) is 26.3 Å². The van der Waals surface area contributed by atoms with Crippen LogP contribution in [0.2, 0.25) is 0 Å². The van der Waals surface area contributed by atoms with E-state index in [-0.39, 0.29) is 11.9 Å². The number of nitrogens with one attached hydrogen (secondary N) is 1. The fraction of sp³-hybridized carbons (Fsp3) is 0.400. The van der Waals surface area contributed by atoms with Crippen LogP contribution in [-0.4, -0.2) is 26.0 Å². The molecule has 0 bridgehead atoms. The highest BCUT2D eigenvalue weighted by atomic mass is 16.1. The Hall–Kier alpha value is -1.77. The Morgan fingerprint density at radius 2 is 1.94 bits per heavy atom. The van der Waals surface area contributed by atoms with Crippen LogP contribution in [0.4, 0.5) is 5.69 Å². The van der Waals surface area contributed by atoms with Crippen molar-refractivity contribution < 1.29 is 4.79 Å². The highest BCUT2D eigenvalue weighted by Gasteiger charge is 2.01. The molecule has 1 N–H and O–H groups in total. The topological polar surface area (TPSA) is 32.3 Å². The van der Waals surface area contributed by atoms with Gasteiger partial charge in [-0.1, -0.05) is 19.1 Å². The molecule has 0 fully saturated rings. The summed E-state index contributed by atoms with van der Waals surface area (Å²) in [4.78, 5) is 13.6. The van der Waals surface area contributed by atoms with E-state index in [0.717, 1.165) is 17.7 Å². The molecule has 1 amide bonds. The van der Waals surface area contributed by atoms with Gasteiger partial charge in [0.15, 0.2) is 0 Å². The molecule has 3 heteroatoms. The molecule has 0 aliphatic heterocycles. The highest BCUT2D eigenvalue weighted by Crippen LogP contribution is 2.12. The number of hydrogen-bond acceptors (Lipinski definition) is 2. The summed E-state index contributed by atoms with van der Waals surface area (Å²) in [5.74, 6) is -0.0407. The van der Waals surface area contributed by atoms with Crippen molar-refractivity contribution in [3.05, 3.63) is 35.9 Å². The Bertz CT molecular complexity index is 407. The van der Waals surface area contributed by atoms with Gasteiger partial charge in [0.25, 0.3) is 0 Å². The maximum atomic E-state index is 11.6. The lowest BCUT2D eigenvalue weighted by Gasteiger charge is -2.11. The lowest BCUT2D eigenvalue weighted by molar-refractivity contribution is -0.117. The van der Waals surface area contributed by atoms with Crippen LogP contribution >= 0.6 is 0 Å². The number of hydrogen-bond donors (Lipinski definition) is 1. The van der Waals surface area contributed by atoms with Gasteiger partial charge in [-0.25, -0.2) is 0 Å². The maximum absolute atomic E-state index is 11.6. The molecule has 0 heterocycles. The molecule has 98 valence electrons. The van der Waals surface area contributed by atoms with Gasteiger partial charge in [0, 0.05) is 31.9 Å². The number of amides is 1. The quantitative estimate of drug-likeness (QED) is 0.810. The van der Waals surface area contributed by atoms with E-state index in [9.17, 15) is 4.79 Å². The van der Waals surface area contributed by atoms with Gasteiger partial charge in [-0.2, -0.15) is 0 Å². The summed E-state index contributed by atoms with van der Waals surface area (Å²) in [6.07, 6.45) is 4.35. The molecule has 1 aromatic rings. The van der Waals surface area contributed by atoms with E-state index in [1.807, 2.05) is 56.3 Å². The first-order valence-electron chi connectivity index (χ1n) is 6.29. The van der Waals surface area contributed by atoms with E-state index >= 15 is 0 Å². The van der Waals surface area contributed by atoms with Crippen LogP contribution in [0.1, 0.15) is 25.8 Å². The molecular weight excluding hydrogens is 224 g/mol. The third-order valence-corrected chi connectivity index (χ3v) is 2.84. The molecule has 1 aromatic carbocycles. The predicted molar refractivity (Wildman–Crippen MR) is 77.7 cm³/mol. The fourth-order valence-electron chi connectivity index (χ4n) is 1.45. The van der Waals surface area contributed by atoms with Gasteiger partial charge >= 0.3 is 0 Å². The molecule has 0 saturated carbocycles. The molecule has 1 unspecified atom stereocenters. The standard InChI is InChI=1S/C15H22N2O/c1-5-12(2)16-15(18)11-8-13-6-9-14(10-7-13)17(3)4/h6-12H,5H2,1-4H3,(H,16,18)/b11-8+. The summed E-state index contributed by atoms with van der Waals surface area (Å²) in [5, 5.41) is 2.90. The van der Waals surface area contributed by atoms with Crippen LogP contribution in [0.5, 0.6) is 0 Å². The second kappa shape index (κ2) is 6.84. The molecule has 0 radical (unpaired) electrons. The van der Waals surface area contributed by atoms with Crippen LogP contribution in [0.25, 0.3) is 6.08 Å². The molecule has 0 aliphatic carbocycles. The van der Waals surface area contributed by atoms with Crippen molar-refractivity contribution in [3.8, 4) is 0 Å². The molecule has 18 heavy (non-hydrogen) atoms. The average Bonchev–Trinajstić information content (AvgIpc) is 2.36. The summed E-state index contributed by atoms with van der Waals surface area (Å²) >= 11 is 0. The Labute approximate surface area is 109 Å². The average molecular weight is 246 g/mol. The lowest BCUT2D eigenvalue weighted by atomic mass is 10.2. The molecule has 1 rings (SSSR count). The summed E-state index contributed by atoms with van der Waals surface area (Å²) in [7, 11) is 4.01. The first kappa shape index (κ1) is 14.3. The van der Waals surface area contributed by atoms with Crippen molar-refractivity contribution in [3.63, 3.8) is 0 Å². The minimum Gasteiger partial charge on any atom is -0.378 e. The third kappa shape index (κ3) is 4.62. The van der Waals surface area contributed by atoms with Crippen molar-refractivity contribution >= 4 is 17.7 Å². The van der Waals surface area contributed by atoms with Gasteiger partial charge in [0.1, 0.15) is 0 Å². The Balaban J connectivity index is 2.59. The number of nitrogens with zero attached hydrogens (tertiary/aromatic N) is 1. The Morgan fingerprint density at radius 1 is 1.33 bits per heavy atom. The van der Waals surface area contributed by atoms with Crippen LogP contribution in [0.15, 0.2) is 30.3 Å². The minimum absolute atomic E-state index is 0.0407. The molecule has 0 spiro atoms. The second-order valence-corrected chi connectivity index (χ2v) is 4.64. The smallest absolute Gasteiger partial charge is 0.244 e. The first-order valence-corrected chi connectivity index (χ1v) is 6.29. The molecule has 0 aliphatic rings. The molecule has 3 nitrogen and oxygen atoms in total. The molecule has 0 saturated heterocycles. The first-order chi connectivity index (χ1) is 8.52. The highest BCUT2D eigenvalue weighted by molar-refractivity contribution is 5.91. The third-order valence-electron chi connectivity index (χ3n) is 2.84. The normalized spacial score (nSPS) is 12.4. The number of carbonyl (C=O) groups is 1. The zero-order valence-electron chi connectivity index (χ0n) is 11.6. The van der Waals surface area contributed by atoms with E-state index in [4.69, 9.17) is 0 Å². The number of carbonyl (C=O) groups excluding carboxylic acids is 1. The van der Waals surface area contributed by atoms with Gasteiger partial charge in [0.05, 0.1) is 0 Å². The van der Waals surface area contributed by atoms with Crippen molar-refractivity contribution in [1.29, 1.82) is 0 Å². The SMILES string of the molecule is CCC(C)NC(=O)/C=C/c1ccc(N(C)C)cc1. The minimum atomic E-state index is -0.0407. The van der Waals surface area contributed by atoms with E-state index < -0.39 is 0 Å². The molecule has 1 atom stereocenters. The second-order valence-electron chi connectivity index (χ2n) is 4.64. The largest absolute Gasteiger partial charge is 0.378 e. The van der Waals surface area contributed by atoms with Crippen LogP contribution in [0.3, 0.4) is 0 Å². The lowest BCUT2D eigenvalue weighted by Crippen LogP contribution is -2.30. The van der Waals surface area contributed by atoms with E-state index in [1.165, 1.54) is 0 Å². The Kier molecular flexibility index (Phi) is 5.43. The zero-order valence-corrected chi connectivity index (χ0v) is 11.6. The van der Waals surface area contributed by atoms with Crippen molar-refractivity contribution in [1.82, 2.24) is 5.32 Å². The number of rotatable bonds is 5. The summed E-state index contributed by atoms with van der Waals surface area (Å²) in [6.45, 7) is 4.05. The summed E-state index contributed by atoms with van der Waals surface area (Å²) < 4.78 is 0. The van der Waals surface area contributed by atoms with Gasteiger partial charge < -0.3 is 10.2 Å². The summed E-state index contributed by atoms with van der Waals surface area (Å²) in [5.41, 5.74) is 2.18. The van der Waals surface area contributed by atoms with Gasteiger partial charge in [-0.3, -0.25) is 4.79 Å². The van der Waals surface area contributed by atoms with Crippen molar-refractivity contribution in [2.24, 2.45) is 0 Å². The van der Waals surface area contributed by atoms with E-state index in [2.05, 4.69) is 12.2 Å². The van der Waals surface area contributed by atoms with Crippen LogP contribution < -0.4 is 10.2 Å². The van der Waals surface area contributed by atoms with E-state index in [0.29, 0.717) is 0 Å². The number of anilines is 1. The summed E-state index contributed by atoms with van der Waals surface area (Å²) in [6, 6.07) is 8.29. The Morgan fingerprint density at radius 3 is 2.44 bits per heavy atom. The fourth-order valence-corrected chi connectivity index (χ4v) is 1.45. The van der Waals surface area contributed by atoms with Crippen LogP contribution in [-0.2, 0) is 4.79 Å². The maximum Gasteiger partial charge on any atom is 0.244 e. The van der Waals surface area contributed by atoms with Crippen molar-refractivity contribution in [2.75, 3.05) is 19.0 Å². The van der Waals surface area contributed by atoms with Crippen LogP contribution in [0, 0.1) is 0 Å². The molecule has 0 aromatic heterocycles. The monoisotopic (exact) mass is 246 g/mol. The molecular formula is C15H22N2O. The van der Waals surface area contributed by atoms with Gasteiger partial charge in [-0.15, -0.1) is 0 Å².